The predicted molar refractivity (Wildman–Crippen MR) is 76.8 cm³/mol. The smallest absolute Gasteiger partial charge is 0.262 e. The number of ether oxygens (including phenoxy) is 2. The number of sulfonamides is 1. The van der Waals surface area contributed by atoms with E-state index in [9.17, 15) is 12.8 Å². The summed E-state index contributed by atoms with van der Waals surface area (Å²) in [5, 5.41) is 0. The van der Waals surface area contributed by atoms with E-state index in [0.29, 0.717) is 11.4 Å². The van der Waals surface area contributed by atoms with Crippen LogP contribution in [0.3, 0.4) is 0 Å². The number of anilines is 1. The Hall–Kier alpha value is -2.28. The molecule has 0 aliphatic carbocycles. The molecule has 0 amide bonds. The lowest BCUT2D eigenvalue weighted by atomic mass is 10.3. The molecular formula is C14H14FNO4S. The molecule has 0 aliphatic rings. The summed E-state index contributed by atoms with van der Waals surface area (Å²) in [6.45, 7) is 0. The third-order valence-corrected chi connectivity index (χ3v) is 4.15. The molecule has 7 heteroatoms. The average molecular weight is 311 g/mol. The second-order valence-corrected chi connectivity index (χ2v) is 5.81. The van der Waals surface area contributed by atoms with Gasteiger partial charge in [-0.1, -0.05) is 0 Å². The third kappa shape index (κ3) is 3.43. The molecule has 112 valence electrons. The first-order valence-electron chi connectivity index (χ1n) is 5.96. The third-order valence-electron chi connectivity index (χ3n) is 2.78. The van der Waals surface area contributed by atoms with Crippen LogP contribution >= 0.6 is 0 Å². The van der Waals surface area contributed by atoms with Gasteiger partial charge in [-0.15, -0.1) is 0 Å². The lowest BCUT2D eigenvalue weighted by molar-refractivity contribution is 0.385. The lowest BCUT2D eigenvalue weighted by Gasteiger charge is -2.10. The Labute approximate surface area is 122 Å². The summed E-state index contributed by atoms with van der Waals surface area (Å²) in [5.41, 5.74) is 0.354. The number of nitrogens with one attached hydrogen (secondary N) is 1. The van der Waals surface area contributed by atoms with Gasteiger partial charge in [0.1, 0.15) is 5.75 Å². The van der Waals surface area contributed by atoms with Gasteiger partial charge in [-0.25, -0.2) is 12.8 Å². The van der Waals surface area contributed by atoms with Gasteiger partial charge in [0, 0.05) is 5.69 Å². The van der Waals surface area contributed by atoms with Crippen molar-refractivity contribution >= 4 is 15.7 Å². The van der Waals surface area contributed by atoms with Crippen molar-refractivity contribution in [3.8, 4) is 11.5 Å². The zero-order valence-corrected chi connectivity index (χ0v) is 12.3. The van der Waals surface area contributed by atoms with Crippen LogP contribution in [-0.4, -0.2) is 22.6 Å². The maximum Gasteiger partial charge on any atom is 0.262 e. The van der Waals surface area contributed by atoms with E-state index in [0.717, 1.165) is 6.07 Å². The number of methoxy groups -OCH3 is 2. The van der Waals surface area contributed by atoms with Crippen LogP contribution in [0.25, 0.3) is 0 Å². The molecule has 1 N–H and O–H groups in total. The largest absolute Gasteiger partial charge is 0.497 e. The Morgan fingerprint density at radius 1 is 1.00 bits per heavy atom. The zero-order valence-electron chi connectivity index (χ0n) is 11.5. The van der Waals surface area contributed by atoms with Gasteiger partial charge >= 0.3 is 0 Å². The van der Waals surface area contributed by atoms with Crippen molar-refractivity contribution in [3.05, 3.63) is 48.3 Å². The van der Waals surface area contributed by atoms with Gasteiger partial charge in [0.15, 0.2) is 11.6 Å². The second-order valence-electron chi connectivity index (χ2n) is 4.13. The molecule has 5 nitrogen and oxygen atoms in total. The number of benzene rings is 2. The lowest BCUT2D eigenvalue weighted by Crippen LogP contribution is -2.13. The predicted octanol–water partition coefficient (Wildman–Crippen LogP) is 2.64. The molecule has 2 rings (SSSR count). The molecule has 0 aliphatic heterocycles. The van der Waals surface area contributed by atoms with Gasteiger partial charge in [-0.2, -0.15) is 0 Å². The van der Waals surface area contributed by atoms with Crippen molar-refractivity contribution < 1.29 is 22.3 Å². The summed E-state index contributed by atoms with van der Waals surface area (Å²) in [4.78, 5) is -0.184. The highest BCUT2D eigenvalue weighted by molar-refractivity contribution is 7.92. The SMILES string of the molecule is COc1ccc(NS(=O)(=O)c2ccc(OC)c(F)c2)cc1. The van der Waals surface area contributed by atoms with E-state index in [1.807, 2.05) is 0 Å². The summed E-state index contributed by atoms with van der Waals surface area (Å²) in [5.74, 6) is -0.151. The van der Waals surface area contributed by atoms with Crippen molar-refractivity contribution in [2.45, 2.75) is 4.90 Å². The highest BCUT2D eigenvalue weighted by Crippen LogP contribution is 2.23. The van der Waals surface area contributed by atoms with E-state index in [2.05, 4.69) is 4.72 Å². The maximum absolute atomic E-state index is 13.6. The van der Waals surface area contributed by atoms with Gasteiger partial charge in [0.2, 0.25) is 0 Å². The van der Waals surface area contributed by atoms with Crippen LogP contribution in [0.15, 0.2) is 47.4 Å². The van der Waals surface area contributed by atoms with Crippen LogP contribution in [0, 0.1) is 5.82 Å². The summed E-state index contributed by atoms with van der Waals surface area (Å²) < 4.78 is 50.0. The normalized spacial score (nSPS) is 11.0. The fourth-order valence-electron chi connectivity index (χ4n) is 1.69. The minimum atomic E-state index is -3.87. The molecule has 0 aromatic heterocycles. The van der Waals surface area contributed by atoms with Crippen molar-refractivity contribution in [2.24, 2.45) is 0 Å². The molecule has 2 aromatic rings. The summed E-state index contributed by atoms with van der Waals surface area (Å²) in [7, 11) is -1.05. The molecule has 21 heavy (non-hydrogen) atoms. The number of halogens is 1. The highest BCUT2D eigenvalue weighted by atomic mass is 32.2. The Morgan fingerprint density at radius 3 is 2.19 bits per heavy atom. The van der Waals surface area contributed by atoms with Crippen molar-refractivity contribution in [3.63, 3.8) is 0 Å². The molecule has 0 radical (unpaired) electrons. The molecule has 0 saturated heterocycles. The van der Waals surface area contributed by atoms with Crippen LogP contribution in [0.2, 0.25) is 0 Å². The van der Waals surface area contributed by atoms with Gasteiger partial charge in [-0.3, -0.25) is 4.72 Å². The Balaban J connectivity index is 2.26. The Kier molecular flexibility index (Phi) is 4.32. The molecule has 0 heterocycles. The molecule has 0 fully saturated rings. The van der Waals surface area contributed by atoms with E-state index in [1.165, 1.54) is 26.4 Å². The van der Waals surface area contributed by atoms with Crippen LogP contribution in [0.5, 0.6) is 11.5 Å². The number of rotatable bonds is 5. The van der Waals surface area contributed by atoms with Gasteiger partial charge in [-0.05, 0) is 42.5 Å². The fraction of sp³-hybridized carbons (Fsp3) is 0.143. The van der Waals surface area contributed by atoms with E-state index < -0.39 is 15.8 Å². The Bertz CT molecular complexity index is 729. The monoisotopic (exact) mass is 311 g/mol. The summed E-state index contributed by atoms with van der Waals surface area (Å²) in [6, 6.07) is 9.78. The minimum absolute atomic E-state index is 0.0154. The second kappa shape index (κ2) is 6.01. The highest BCUT2D eigenvalue weighted by Gasteiger charge is 2.16. The molecule has 0 bridgehead atoms. The van der Waals surface area contributed by atoms with Crippen LogP contribution in [0.4, 0.5) is 10.1 Å². The van der Waals surface area contributed by atoms with E-state index >= 15 is 0 Å². The van der Waals surface area contributed by atoms with E-state index in [4.69, 9.17) is 9.47 Å². The minimum Gasteiger partial charge on any atom is -0.497 e. The quantitative estimate of drug-likeness (QED) is 0.922. The zero-order chi connectivity index (χ0) is 15.5. The van der Waals surface area contributed by atoms with E-state index in [-0.39, 0.29) is 10.6 Å². The van der Waals surface area contributed by atoms with Crippen LogP contribution < -0.4 is 14.2 Å². The molecule has 0 atom stereocenters. The van der Waals surface area contributed by atoms with Crippen molar-refractivity contribution in [1.82, 2.24) is 0 Å². The Morgan fingerprint density at radius 2 is 1.67 bits per heavy atom. The number of hydrogen-bond acceptors (Lipinski definition) is 4. The van der Waals surface area contributed by atoms with Crippen LogP contribution in [-0.2, 0) is 10.0 Å². The molecule has 0 unspecified atom stereocenters. The molecule has 0 saturated carbocycles. The van der Waals surface area contributed by atoms with Crippen molar-refractivity contribution in [2.75, 3.05) is 18.9 Å². The first-order chi connectivity index (χ1) is 9.96. The summed E-state index contributed by atoms with van der Waals surface area (Å²) >= 11 is 0. The molecule has 2 aromatic carbocycles. The van der Waals surface area contributed by atoms with Gasteiger partial charge in [0.25, 0.3) is 10.0 Å². The fourth-order valence-corrected chi connectivity index (χ4v) is 2.76. The van der Waals surface area contributed by atoms with Crippen molar-refractivity contribution in [1.29, 1.82) is 0 Å². The van der Waals surface area contributed by atoms with Gasteiger partial charge in [0.05, 0.1) is 19.1 Å². The first-order valence-corrected chi connectivity index (χ1v) is 7.45. The number of hydrogen-bond donors (Lipinski definition) is 1. The first kappa shape index (κ1) is 15.1. The topological polar surface area (TPSA) is 64.6 Å². The molecular weight excluding hydrogens is 297 g/mol. The van der Waals surface area contributed by atoms with Crippen LogP contribution in [0.1, 0.15) is 0 Å². The van der Waals surface area contributed by atoms with E-state index in [1.54, 1.807) is 24.3 Å². The standard InChI is InChI=1S/C14H14FNO4S/c1-19-11-5-3-10(4-6-11)16-21(17,18)12-7-8-14(20-2)13(15)9-12/h3-9,16H,1-2H3. The maximum atomic E-state index is 13.6. The summed E-state index contributed by atoms with van der Waals surface area (Å²) in [6.07, 6.45) is 0. The molecule has 0 spiro atoms. The average Bonchev–Trinajstić information content (AvgIpc) is 2.47. The van der Waals surface area contributed by atoms with Gasteiger partial charge < -0.3 is 9.47 Å².